The lowest BCUT2D eigenvalue weighted by molar-refractivity contribution is -0.134. The summed E-state index contributed by atoms with van der Waals surface area (Å²) in [6.45, 7) is 6.85. The molecule has 1 aliphatic heterocycles. The smallest absolute Gasteiger partial charge is 0.227 e. The summed E-state index contributed by atoms with van der Waals surface area (Å²) in [5.74, 6) is -0.0520. The molecule has 1 amide bonds. The van der Waals surface area contributed by atoms with Crippen molar-refractivity contribution >= 4 is 5.91 Å². The Labute approximate surface area is 183 Å². The zero-order chi connectivity index (χ0) is 22.4. The van der Waals surface area contributed by atoms with Crippen LogP contribution in [0.15, 0.2) is 42.5 Å². The molecule has 1 atom stereocenters. The first-order valence-corrected chi connectivity index (χ1v) is 10.6. The number of phenols is 2. The maximum atomic E-state index is 12.5. The van der Waals surface area contributed by atoms with Crippen molar-refractivity contribution in [1.82, 2.24) is 10.2 Å². The number of nitrogens with zero attached hydrogens (tertiary/aromatic N) is 1. The van der Waals surface area contributed by atoms with Crippen LogP contribution in [0.3, 0.4) is 0 Å². The summed E-state index contributed by atoms with van der Waals surface area (Å²) in [5.41, 5.74) is 2.23. The Bertz CT molecular complexity index is 873. The van der Waals surface area contributed by atoms with Gasteiger partial charge in [-0.25, -0.2) is 0 Å². The second-order valence-corrected chi connectivity index (χ2v) is 8.73. The van der Waals surface area contributed by atoms with E-state index in [1.807, 2.05) is 36.9 Å². The first kappa shape index (κ1) is 23.1. The highest BCUT2D eigenvalue weighted by Gasteiger charge is 2.21. The van der Waals surface area contributed by atoms with Gasteiger partial charge in [-0.3, -0.25) is 4.79 Å². The fraction of sp³-hybridized carbons (Fsp3) is 0.458. The predicted molar refractivity (Wildman–Crippen MR) is 118 cm³/mol. The van der Waals surface area contributed by atoms with Crippen molar-refractivity contribution in [2.75, 3.05) is 32.8 Å². The average Bonchev–Trinajstić information content (AvgIpc) is 2.72. The van der Waals surface area contributed by atoms with E-state index < -0.39 is 6.10 Å². The van der Waals surface area contributed by atoms with E-state index in [9.17, 15) is 20.1 Å². The van der Waals surface area contributed by atoms with Crippen LogP contribution in [0.4, 0.5) is 0 Å². The van der Waals surface area contributed by atoms with E-state index in [0.717, 1.165) is 11.1 Å². The number of carbonyl (C=O) groups excluding carboxylic acids is 1. The van der Waals surface area contributed by atoms with Crippen molar-refractivity contribution < 1.29 is 24.9 Å². The number of morpholine rings is 1. The van der Waals surface area contributed by atoms with Crippen LogP contribution >= 0.6 is 0 Å². The van der Waals surface area contributed by atoms with E-state index in [0.29, 0.717) is 44.7 Å². The number of benzene rings is 2. The molecule has 4 N–H and O–H groups in total. The lowest BCUT2D eigenvalue weighted by atomic mass is 9.93. The van der Waals surface area contributed by atoms with Crippen LogP contribution in [0, 0.1) is 0 Å². The number of phenolic OH excluding ortho intramolecular Hbond substituents is 2. The Kier molecular flexibility index (Phi) is 7.54. The van der Waals surface area contributed by atoms with Crippen molar-refractivity contribution in [2.45, 2.75) is 38.3 Å². The van der Waals surface area contributed by atoms with Crippen LogP contribution in [0.2, 0.25) is 0 Å². The van der Waals surface area contributed by atoms with Gasteiger partial charge in [-0.1, -0.05) is 24.3 Å². The number of hydrogen-bond donors (Lipinski definition) is 4. The van der Waals surface area contributed by atoms with Gasteiger partial charge in [-0.15, -0.1) is 0 Å². The standard InChI is InChI=1S/C24H32N2O5/c1-24(2,25-16-22(29)19-12-20(27)14-21(28)13-19)15-18-5-3-4-17(10-18)11-23(30)26-6-8-31-9-7-26/h3-5,10,12-14,22,25,27-29H,6-9,11,15-16H2,1-2H3. The van der Waals surface area contributed by atoms with Crippen molar-refractivity contribution in [1.29, 1.82) is 0 Å². The minimum atomic E-state index is -0.866. The minimum absolute atomic E-state index is 0.0863. The van der Waals surface area contributed by atoms with Crippen LogP contribution in [0.5, 0.6) is 11.5 Å². The lowest BCUT2D eigenvalue weighted by Gasteiger charge is -2.29. The van der Waals surface area contributed by atoms with Crippen LogP contribution in [0.1, 0.15) is 36.6 Å². The lowest BCUT2D eigenvalue weighted by Crippen LogP contribution is -2.43. The van der Waals surface area contributed by atoms with E-state index in [-0.39, 0.29) is 29.5 Å². The zero-order valence-electron chi connectivity index (χ0n) is 18.2. The normalized spacial score (nSPS) is 15.6. The van der Waals surface area contributed by atoms with Gasteiger partial charge in [0.05, 0.1) is 25.7 Å². The van der Waals surface area contributed by atoms with Crippen molar-refractivity contribution in [3.05, 3.63) is 59.2 Å². The van der Waals surface area contributed by atoms with Crippen LogP contribution < -0.4 is 5.32 Å². The molecule has 2 aromatic rings. The van der Waals surface area contributed by atoms with Crippen molar-refractivity contribution in [3.63, 3.8) is 0 Å². The molecule has 1 heterocycles. The molecule has 3 rings (SSSR count). The van der Waals surface area contributed by atoms with Gasteiger partial charge in [0.25, 0.3) is 0 Å². The second kappa shape index (κ2) is 10.1. The summed E-state index contributed by atoms with van der Waals surface area (Å²) in [6, 6.07) is 12.1. The highest BCUT2D eigenvalue weighted by molar-refractivity contribution is 5.78. The van der Waals surface area contributed by atoms with Crippen molar-refractivity contribution in [2.24, 2.45) is 0 Å². The van der Waals surface area contributed by atoms with E-state index >= 15 is 0 Å². The molecule has 0 bridgehead atoms. The molecule has 0 saturated carbocycles. The van der Waals surface area contributed by atoms with Gasteiger partial charge in [0.15, 0.2) is 0 Å². The van der Waals surface area contributed by atoms with Crippen molar-refractivity contribution in [3.8, 4) is 11.5 Å². The molecule has 0 spiro atoms. The Morgan fingerprint density at radius 1 is 1.10 bits per heavy atom. The SMILES string of the molecule is CC(C)(Cc1cccc(CC(=O)N2CCOCC2)c1)NCC(O)c1cc(O)cc(O)c1. The summed E-state index contributed by atoms with van der Waals surface area (Å²) >= 11 is 0. The van der Waals surface area contributed by atoms with E-state index in [4.69, 9.17) is 4.74 Å². The molecule has 0 radical (unpaired) electrons. The fourth-order valence-electron chi connectivity index (χ4n) is 3.82. The first-order chi connectivity index (χ1) is 14.7. The van der Waals surface area contributed by atoms with Gasteiger partial charge in [-0.2, -0.15) is 0 Å². The third-order valence-corrected chi connectivity index (χ3v) is 5.44. The molecule has 31 heavy (non-hydrogen) atoms. The number of ether oxygens (including phenoxy) is 1. The highest BCUT2D eigenvalue weighted by Crippen LogP contribution is 2.25. The number of nitrogens with one attached hydrogen (secondary N) is 1. The van der Waals surface area contributed by atoms with Gasteiger partial charge < -0.3 is 30.3 Å². The molecule has 1 saturated heterocycles. The number of β-amino-alcohol motifs (C(OH)–C–C–N with tert-alkyl or cyclic N) is 1. The third kappa shape index (κ3) is 6.95. The van der Waals surface area contributed by atoms with E-state index in [1.165, 1.54) is 18.2 Å². The maximum absolute atomic E-state index is 12.5. The Morgan fingerprint density at radius 2 is 1.74 bits per heavy atom. The third-order valence-electron chi connectivity index (χ3n) is 5.44. The van der Waals surface area contributed by atoms with E-state index in [1.54, 1.807) is 0 Å². The first-order valence-electron chi connectivity index (χ1n) is 10.6. The average molecular weight is 429 g/mol. The molecule has 7 nitrogen and oxygen atoms in total. The molecular formula is C24H32N2O5. The molecule has 1 unspecified atom stereocenters. The van der Waals surface area contributed by atoms with E-state index in [2.05, 4.69) is 11.4 Å². The summed E-state index contributed by atoms with van der Waals surface area (Å²) in [7, 11) is 0. The number of aliphatic hydroxyl groups is 1. The van der Waals surface area contributed by atoms with Crippen LogP contribution in [0.25, 0.3) is 0 Å². The summed E-state index contributed by atoms with van der Waals surface area (Å²) in [5, 5.41) is 33.0. The quantitative estimate of drug-likeness (QED) is 0.514. The summed E-state index contributed by atoms with van der Waals surface area (Å²) in [4.78, 5) is 14.4. The van der Waals surface area contributed by atoms with Gasteiger partial charge in [0.1, 0.15) is 11.5 Å². The minimum Gasteiger partial charge on any atom is -0.508 e. The van der Waals surface area contributed by atoms with Gasteiger partial charge in [0, 0.05) is 31.2 Å². The fourth-order valence-corrected chi connectivity index (χ4v) is 3.82. The molecule has 0 aromatic heterocycles. The largest absolute Gasteiger partial charge is 0.508 e. The molecule has 168 valence electrons. The number of carbonyl (C=O) groups is 1. The zero-order valence-corrected chi connectivity index (χ0v) is 18.2. The Hall–Kier alpha value is -2.61. The number of aromatic hydroxyl groups is 2. The Morgan fingerprint density at radius 3 is 2.42 bits per heavy atom. The van der Waals surface area contributed by atoms with Gasteiger partial charge >= 0.3 is 0 Å². The predicted octanol–water partition coefficient (Wildman–Crippen LogP) is 2.14. The monoisotopic (exact) mass is 428 g/mol. The molecule has 0 aliphatic carbocycles. The molecule has 2 aromatic carbocycles. The highest BCUT2D eigenvalue weighted by atomic mass is 16.5. The molecule has 1 fully saturated rings. The molecule has 7 heteroatoms. The van der Waals surface area contributed by atoms with Gasteiger partial charge in [0.2, 0.25) is 5.91 Å². The molecule has 1 aliphatic rings. The second-order valence-electron chi connectivity index (χ2n) is 8.73. The van der Waals surface area contributed by atoms with Crippen LogP contribution in [-0.2, 0) is 22.4 Å². The summed E-state index contributed by atoms with van der Waals surface area (Å²) in [6.07, 6.45) is 0.223. The van der Waals surface area contributed by atoms with Gasteiger partial charge in [-0.05, 0) is 49.1 Å². The Balaban J connectivity index is 1.56. The number of hydrogen-bond acceptors (Lipinski definition) is 6. The maximum Gasteiger partial charge on any atom is 0.227 e. The topological polar surface area (TPSA) is 102 Å². The number of rotatable bonds is 8. The van der Waals surface area contributed by atoms with Crippen LogP contribution in [-0.4, -0.2) is 64.5 Å². The summed E-state index contributed by atoms with van der Waals surface area (Å²) < 4.78 is 5.31. The number of aliphatic hydroxyl groups excluding tert-OH is 1. The molecular weight excluding hydrogens is 396 g/mol. The number of amides is 1.